The number of rotatable bonds is 0. The van der Waals surface area contributed by atoms with Gasteiger partial charge in [-0.25, -0.2) is 8.78 Å². The van der Waals surface area contributed by atoms with E-state index in [0.717, 1.165) is 18.9 Å². The van der Waals surface area contributed by atoms with Crippen molar-refractivity contribution in [3.8, 4) is 0 Å². The van der Waals surface area contributed by atoms with Crippen molar-refractivity contribution < 1.29 is 8.78 Å². The Kier molecular flexibility index (Phi) is 3.45. The minimum Gasteiger partial charge on any atom is -0.324 e. The molecule has 0 amide bonds. The van der Waals surface area contributed by atoms with Gasteiger partial charge in [-0.05, 0) is 36.5 Å². The van der Waals surface area contributed by atoms with Gasteiger partial charge in [0, 0.05) is 12.1 Å². The number of hydrogen-bond donors (Lipinski definition) is 1. The maximum atomic E-state index is 13.2. The Hall–Kier alpha value is -0.670. The minimum atomic E-state index is -0.534. The SMILES string of the molecule is Cl.N[C@H]1CCCc2c(F)cc(F)cc21. The molecule has 4 heteroatoms. The van der Waals surface area contributed by atoms with Crippen LogP contribution in [-0.2, 0) is 6.42 Å². The molecular formula is C10H12ClF2N. The first-order chi connectivity index (χ1) is 6.18. The summed E-state index contributed by atoms with van der Waals surface area (Å²) in [4.78, 5) is 0. The molecule has 0 saturated carbocycles. The summed E-state index contributed by atoms with van der Waals surface area (Å²) in [6.07, 6.45) is 2.38. The summed E-state index contributed by atoms with van der Waals surface area (Å²) in [5.74, 6) is -0.987. The molecule has 0 radical (unpaired) electrons. The van der Waals surface area contributed by atoms with Crippen LogP contribution < -0.4 is 5.73 Å². The molecule has 78 valence electrons. The molecule has 1 aromatic rings. The van der Waals surface area contributed by atoms with Crippen LogP contribution in [-0.4, -0.2) is 0 Å². The van der Waals surface area contributed by atoms with Crippen molar-refractivity contribution in [3.63, 3.8) is 0 Å². The minimum absolute atomic E-state index is 0. The van der Waals surface area contributed by atoms with Gasteiger partial charge in [0.1, 0.15) is 11.6 Å². The van der Waals surface area contributed by atoms with Crippen LogP contribution in [0.1, 0.15) is 30.0 Å². The van der Waals surface area contributed by atoms with Crippen LogP contribution in [0.15, 0.2) is 12.1 Å². The summed E-state index contributed by atoms with van der Waals surface area (Å²) < 4.78 is 26.0. The Labute approximate surface area is 87.7 Å². The fourth-order valence-corrected chi connectivity index (χ4v) is 1.87. The van der Waals surface area contributed by atoms with E-state index >= 15 is 0 Å². The van der Waals surface area contributed by atoms with Crippen LogP contribution in [0.2, 0.25) is 0 Å². The van der Waals surface area contributed by atoms with Crippen molar-refractivity contribution in [2.75, 3.05) is 0 Å². The van der Waals surface area contributed by atoms with E-state index in [1.54, 1.807) is 0 Å². The van der Waals surface area contributed by atoms with Gasteiger partial charge in [0.25, 0.3) is 0 Å². The first-order valence-electron chi connectivity index (χ1n) is 4.42. The molecule has 0 saturated heterocycles. The van der Waals surface area contributed by atoms with E-state index in [0.29, 0.717) is 17.5 Å². The highest BCUT2D eigenvalue weighted by atomic mass is 35.5. The Morgan fingerprint density at radius 1 is 1.29 bits per heavy atom. The summed E-state index contributed by atoms with van der Waals surface area (Å²) >= 11 is 0. The second-order valence-corrected chi connectivity index (χ2v) is 3.45. The predicted molar refractivity (Wildman–Crippen MR) is 53.5 cm³/mol. The zero-order chi connectivity index (χ0) is 9.42. The molecule has 1 aliphatic rings. The molecule has 14 heavy (non-hydrogen) atoms. The van der Waals surface area contributed by atoms with Gasteiger partial charge in [-0.1, -0.05) is 0 Å². The third-order valence-corrected chi connectivity index (χ3v) is 2.54. The summed E-state index contributed by atoms with van der Waals surface area (Å²) in [5, 5.41) is 0. The lowest BCUT2D eigenvalue weighted by Gasteiger charge is -2.22. The first kappa shape index (κ1) is 11.4. The highest BCUT2D eigenvalue weighted by Crippen LogP contribution is 2.30. The zero-order valence-corrected chi connectivity index (χ0v) is 8.41. The molecule has 0 aliphatic heterocycles. The average molecular weight is 220 g/mol. The molecule has 0 spiro atoms. The third-order valence-electron chi connectivity index (χ3n) is 2.54. The van der Waals surface area contributed by atoms with Crippen molar-refractivity contribution in [1.29, 1.82) is 0 Å². The van der Waals surface area contributed by atoms with Gasteiger partial charge in [-0.2, -0.15) is 0 Å². The van der Waals surface area contributed by atoms with Gasteiger partial charge in [-0.3, -0.25) is 0 Å². The predicted octanol–water partition coefficient (Wildman–Crippen LogP) is 2.72. The van der Waals surface area contributed by atoms with Gasteiger partial charge in [0.15, 0.2) is 0 Å². The number of hydrogen-bond acceptors (Lipinski definition) is 1. The third kappa shape index (κ3) is 1.88. The fraction of sp³-hybridized carbons (Fsp3) is 0.400. The van der Waals surface area contributed by atoms with E-state index in [2.05, 4.69) is 0 Å². The van der Waals surface area contributed by atoms with Gasteiger partial charge >= 0.3 is 0 Å². The molecule has 1 aliphatic carbocycles. The maximum Gasteiger partial charge on any atom is 0.129 e. The van der Waals surface area contributed by atoms with E-state index in [-0.39, 0.29) is 18.4 Å². The monoisotopic (exact) mass is 219 g/mol. The van der Waals surface area contributed by atoms with Crippen LogP contribution in [0, 0.1) is 11.6 Å². The van der Waals surface area contributed by atoms with Crippen molar-refractivity contribution in [3.05, 3.63) is 34.9 Å². The Bertz CT molecular complexity index is 341. The quantitative estimate of drug-likeness (QED) is 0.714. The van der Waals surface area contributed by atoms with Crippen LogP contribution in [0.25, 0.3) is 0 Å². The van der Waals surface area contributed by atoms with E-state index in [1.165, 1.54) is 6.07 Å². The van der Waals surface area contributed by atoms with Crippen molar-refractivity contribution in [2.45, 2.75) is 25.3 Å². The molecule has 0 aromatic heterocycles. The van der Waals surface area contributed by atoms with E-state index in [9.17, 15) is 8.78 Å². The highest BCUT2D eigenvalue weighted by molar-refractivity contribution is 5.85. The second-order valence-electron chi connectivity index (χ2n) is 3.45. The standard InChI is InChI=1S/C10H11F2N.ClH/c11-6-4-8-7(9(12)5-6)2-1-3-10(8)13;/h4-5,10H,1-3,13H2;1H/t10-;/m0./s1. The molecular weight excluding hydrogens is 208 g/mol. The van der Waals surface area contributed by atoms with Crippen LogP contribution in [0.5, 0.6) is 0 Å². The number of fused-ring (bicyclic) bond motifs is 1. The second kappa shape index (κ2) is 4.24. The molecule has 2 rings (SSSR count). The summed E-state index contributed by atoms with van der Waals surface area (Å²) in [5.41, 5.74) is 6.99. The van der Waals surface area contributed by atoms with Crippen LogP contribution in [0.4, 0.5) is 8.78 Å². The number of nitrogens with two attached hydrogens (primary N) is 1. The van der Waals surface area contributed by atoms with Crippen molar-refractivity contribution in [2.24, 2.45) is 5.73 Å². The molecule has 1 aromatic carbocycles. The van der Waals surface area contributed by atoms with Crippen molar-refractivity contribution >= 4 is 12.4 Å². The average Bonchev–Trinajstić information content (AvgIpc) is 2.07. The van der Waals surface area contributed by atoms with Gasteiger partial charge in [0.05, 0.1) is 0 Å². The lowest BCUT2D eigenvalue weighted by molar-refractivity contribution is 0.513. The Morgan fingerprint density at radius 3 is 2.71 bits per heavy atom. The van der Waals surface area contributed by atoms with E-state index < -0.39 is 11.6 Å². The Morgan fingerprint density at radius 2 is 2.00 bits per heavy atom. The Balaban J connectivity index is 0.000000980. The highest BCUT2D eigenvalue weighted by Gasteiger charge is 2.20. The van der Waals surface area contributed by atoms with Crippen LogP contribution in [0.3, 0.4) is 0 Å². The van der Waals surface area contributed by atoms with Crippen LogP contribution >= 0.6 is 12.4 Å². The van der Waals surface area contributed by atoms with Gasteiger partial charge in [0.2, 0.25) is 0 Å². The van der Waals surface area contributed by atoms with E-state index in [1.807, 2.05) is 0 Å². The molecule has 0 heterocycles. The van der Waals surface area contributed by atoms with E-state index in [4.69, 9.17) is 5.73 Å². The summed E-state index contributed by atoms with van der Waals surface area (Å²) in [7, 11) is 0. The lowest BCUT2D eigenvalue weighted by Crippen LogP contribution is -2.18. The zero-order valence-electron chi connectivity index (χ0n) is 7.59. The maximum absolute atomic E-state index is 13.2. The molecule has 0 bridgehead atoms. The topological polar surface area (TPSA) is 26.0 Å². The molecule has 1 atom stereocenters. The van der Waals surface area contributed by atoms with Crippen molar-refractivity contribution in [1.82, 2.24) is 0 Å². The molecule has 0 fully saturated rings. The number of halogens is 3. The normalized spacial score (nSPS) is 19.8. The lowest BCUT2D eigenvalue weighted by atomic mass is 9.88. The summed E-state index contributed by atoms with van der Waals surface area (Å²) in [6.45, 7) is 0. The molecule has 0 unspecified atom stereocenters. The first-order valence-corrected chi connectivity index (χ1v) is 4.42. The number of benzene rings is 1. The van der Waals surface area contributed by atoms with Gasteiger partial charge in [-0.15, -0.1) is 12.4 Å². The molecule has 2 N–H and O–H groups in total. The fourth-order valence-electron chi connectivity index (χ4n) is 1.87. The summed E-state index contributed by atoms with van der Waals surface area (Å²) in [6, 6.07) is 2.08. The molecule has 1 nitrogen and oxygen atoms in total. The largest absolute Gasteiger partial charge is 0.324 e. The van der Waals surface area contributed by atoms with Gasteiger partial charge < -0.3 is 5.73 Å². The smallest absolute Gasteiger partial charge is 0.129 e.